The zero-order chi connectivity index (χ0) is 53.0. The quantitative estimate of drug-likeness (QED) is 0.134. The van der Waals surface area contributed by atoms with Gasteiger partial charge in [-0.25, -0.2) is 0 Å². The Morgan fingerprint density at radius 1 is 0.278 bits per heavy atom. The summed E-state index contributed by atoms with van der Waals surface area (Å²) in [6.07, 6.45) is 0. The molecule has 11 heteroatoms. The van der Waals surface area contributed by atoms with Gasteiger partial charge < -0.3 is 19.1 Å². The van der Waals surface area contributed by atoms with Crippen molar-refractivity contribution < 1.29 is 4.42 Å². The Morgan fingerprint density at radius 2 is 0.759 bits per heavy atom. The van der Waals surface area contributed by atoms with Crippen LogP contribution in [0.15, 0.2) is 235 Å². The van der Waals surface area contributed by atoms with Gasteiger partial charge in [-0.2, -0.15) is 0 Å². The highest BCUT2D eigenvalue weighted by molar-refractivity contribution is 7.26. The zero-order valence-electron chi connectivity index (χ0n) is 42.4. The van der Waals surface area contributed by atoms with E-state index in [4.69, 9.17) is 43.6 Å². The van der Waals surface area contributed by atoms with Crippen molar-refractivity contribution in [2.75, 3.05) is 14.7 Å². The molecule has 0 saturated carbocycles. The summed E-state index contributed by atoms with van der Waals surface area (Å²) in [7, 11) is 32.7. The number of nitrogens with zero attached hydrogens (tertiary/aromatic N) is 3. The van der Waals surface area contributed by atoms with Crippen LogP contribution in [0.5, 0.6) is 0 Å². The van der Waals surface area contributed by atoms with Crippen molar-refractivity contribution in [2.24, 2.45) is 0 Å². The first-order valence-electron chi connectivity index (χ1n) is 26.0. The van der Waals surface area contributed by atoms with Crippen molar-refractivity contribution in [3.05, 3.63) is 231 Å². The second-order valence-corrected chi connectivity index (χ2v) is 22.1. The fourth-order valence-electron chi connectivity index (χ4n) is 11.6. The van der Waals surface area contributed by atoms with Crippen molar-refractivity contribution in [1.82, 2.24) is 0 Å². The molecule has 79 heavy (non-hydrogen) atoms. The van der Waals surface area contributed by atoms with Gasteiger partial charge in [-0.15, -0.1) is 39.1 Å². The summed E-state index contributed by atoms with van der Waals surface area (Å²) < 4.78 is 11.4. The molecule has 4 nitrogen and oxygen atoms in total. The second-order valence-electron chi connectivity index (χ2n) is 20.0. The number of anilines is 9. The Bertz CT molecular complexity index is 4940. The Hall–Kier alpha value is -8.88. The number of fused-ring (bicyclic) bond motifs is 11. The number of rotatable bonds is 9. The van der Waals surface area contributed by atoms with Gasteiger partial charge >= 0.3 is 0 Å². The molecule has 15 aromatic rings. The standard InChI is InChI=1S/C68H38B5N3OS2/c69-62-63(70)65(72)67(66(73)64(62)71)76(42-16-2-1-3-17-42)45-29-33-59-54(36-45)51-31-27-47(38-61(51)79-59)74(55-21-10-15-40-13-6-7-18-48(40)55)46-26-30-50-53-35-44(28-32-58(53)78-60(50)37-46)75(43-25-24-39-12-4-5-14-41(39)34-43)56-22-11-20-52-49-19-8-9-23-57(49)77-68(52)56/h1-38H. The number of benzene rings is 12. The maximum absolute atomic E-state index is 6.75. The minimum absolute atomic E-state index is 0.173. The van der Waals surface area contributed by atoms with Crippen molar-refractivity contribution >= 4 is 224 Å². The summed E-state index contributed by atoms with van der Waals surface area (Å²) in [5, 5.41) is 11.5. The van der Waals surface area contributed by atoms with Gasteiger partial charge in [0.25, 0.3) is 0 Å². The lowest BCUT2D eigenvalue weighted by Crippen LogP contribution is -2.56. The van der Waals surface area contributed by atoms with Crippen LogP contribution in [0.4, 0.5) is 51.2 Å². The first-order valence-corrected chi connectivity index (χ1v) is 27.6. The topological polar surface area (TPSA) is 22.9 Å². The summed E-state index contributed by atoms with van der Waals surface area (Å²) in [5.41, 5.74) is 11.2. The minimum atomic E-state index is 0.173. The lowest BCUT2D eigenvalue weighted by atomic mass is 9.61. The monoisotopic (exact) mass is 1030 g/mol. The number of hydrogen-bond donors (Lipinski definition) is 0. The average Bonchev–Trinajstić information content (AvgIpc) is 4.25. The van der Waals surface area contributed by atoms with Crippen LogP contribution in [0.25, 0.3) is 83.8 Å². The molecule has 358 valence electrons. The lowest BCUT2D eigenvalue weighted by Gasteiger charge is -2.32. The smallest absolute Gasteiger partial charge is 0.159 e. The molecular formula is C68H38B5N3OS2. The third-order valence-electron chi connectivity index (χ3n) is 15.4. The Kier molecular flexibility index (Phi) is 11.2. The molecule has 3 aromatic heterocycles. The van der Waals surface area contributed by atoms with E-state index in [1.165, 1.54) is 36.3 Å². The van der Waals surface area contributed by atoms with Crippen molar-refractivity contribution in [3.8, 4) is 0 Å². The molecule has 0 fully saturated rings. The molecular weight excluding hydrogens is 993 g/mol. The molecule has 10 radical (unpaired) electrons. The van der Waals surface area contributed by atoms with E-state index < -0.39 is 0 Å². The highest BCUT2D eigenvalue weighted by atomic mass is 32.1. The summed E-state index contributed by atoms with van der Waals surface area (Å²) in [6.45, 7) is 0. The number of para-hydroxylation sites is 3. The van der Waals surface area contributed by atoms with Crippen LogP contribution in [0, 0.1) is 0 Å². The molecule has 0 saturated heterocycles. The van der Waals surface area contributed by atoms with Gasteiger partial charge in [0.05, 0.1) is 11.4 Å². The van der Waals surface area contributed by atoms with Crippen LogP contribution >= 0.6 is 22.7 Å². The van der Waals surface area contributed by atoms with E-state index in [0.717, 1.165) is 93.0 Å². The van der Waals surface area contributed by atoms with Crippen molar-refractivity contribution in [2.45, 2.75) is 0 Å². The highest BCUT2D eigenvalue weighted by Gasteiger charge is 2.24. The summed E-state index contributed by atoms with van der Waals surface area (Å²) in [4.78, 5) is 6.76. The first-order chi connectivity index (χ1) is 38.7. The van der Waals surface area contributed by atoms with Crippen LogP contribution in [-0.2, 0) is 0 Å². The zero-order valence-corrected chi connectivity index (χ0v) is 44.0. The van der Waals surface area contributed by atoms with E-state index >= 15 is 0 Å². The molecule has 12 aromatic carbocycles. The van der Waals surface area contributed by atoms with Crippen LogP contribution in [0.3, 0.4) is 0 Å². The fourth-order valence-corrected chi connectivity index (χ4v) is 13.8. The van der Waals surface area contributed by atoms with Gasteiger partial charge in [0.2, 0.25) is 0 Å². The van der Waals surface area contributed by atoms with Gasteiger partial charge in [-0.3, -0.25) is 0 Å². The van der Waals surface area contributed by atoms with E-state index in [-0.39, 0.29) is 27.3 Å². The Balaban J connectivity index is 0.867. The number of thiophene rings is 2. The SMILES string of the molecule is [B]c1c([B])c([B])c(N(c2ccccc2)c2ccc3sc4cc(N(c5ccc6c(c5)sc5ccc(N(c7ccc8ccccc8c7)c7cccc8c7oc7ccccc78)cc56)c5cccc6ccccc56)ccc4c3c2)c([B])c1[B]. The normalized spacial score (nSPS) is 11.8. The predicted octanol–water partition coefficient (Wildman–Crippen LogP) is 15.0. The van der Waals surface area contributed by atoms with Crippen molar-refractivity contribution in [3.63, 3.8) is 0 Å². The maximum atomic E-state index is 6.75. The van der Waals surface area contributed by atoms with E-state index in [1.54, 1.807) is 11.3 Å². The third kappa shape index (κ3) is 7.70. The number of furan rings is 1. The van der Waals surface area contributed by atoms with Crippen LogP contribution in [0.1, 0.15) is 0 Å². The minimum Gasteiger partial charge on any atom is -0.454 e. The summed E-state index contributed by atoms with van der Waals surface area (Å²) in [5.74, 6) is 0. The van der Waals surface area contributed by atoms with Gasteiger partial charge in [-0.05, 0) is 119 Å². The first kappa shape index (κ1) is 47.3. The average molecular weight is 1030 g/mol. The van der Waals surface area contributed by atoms with Gasteiger partial charge in [-0.1, -0.05) is 138 Å². The van der Waals surface area contributed by atoms with Crippen LogP contribution < -0.4 is 42.0 Å². The van der Waals surface area contributed by atoms with Crippen LogP contribution in [-0.4, -0.2) is 39.2 Å². The molecule has 3 heterocycles. The Morgan fingerprint density at radius 3 is 1.46 bits per heavy atom. The molecule has 0 aliphatic carbocycles. The maximum Gasteiger partial charge on any atom is 0.159 e. The molecule has 0 N–H and O–H groups in total. The van der Waals surface area contributed by atoms with E-state index in [1.807, 2.05) is 58.7 Å². The lowest BCUT2D eigenvalue weighted by molar-refractivity contribution is 0.669. The van der Waals surface area contributed by atoms with Gasteiger partial charge in [0.15, 0.2) is 5.58 Å². The van der Waals surface area contributed by atoms with E-state index in [2.05, 4.69) is 198 Å². The molecule has 15 rings (SSSR count). The van der Waals surface area contributed by atoms with E-state index in [9.17, 15) is 0 Å². The molecule has 0 atom stereocenters. The summed E-state index contributed by atoms with van der Waals surface area (Å²) in [6, 6.07) is 82.1. The predicted molar refractivity (Wildman–Crippen MR) is 345 cm³/mol. The molecule has 0 bridgehead atoms. The molecule has 0 amide bonds. The highest BCUT2D eigenvalue weighted by Crippen LogP contribution is 2.48. The van der Waals surface area contributed by atoms with Crippen LogP contribution in [0.2, 0.25) is 0 Å². The van der Waals surface area contributed by atoms with E-state index in [0.29, 0.717) is 5.69 Å². The summed E-state index contributed by atoms with van der Waals surface area (Å²) >= 11 is 3.58. The molecule has 0 aliphatic rings. The largest absolute Gasteiger partial charge is 0.454 e. The van der Waals surface area contributed by atoms with Crippen molar-refractivity contribution in [1.29, 1.82) is 0 Å². The number of hydrogen-bond acceptors (Lipinski definition) is 6. The fraction of sp³-hybridized carbons (Fsp3) is 0. The van der Waals surface area contributed by atoms with Gasteiger partial charge in [0, 0.05) is 96.3 Å². The molecule has 0 unspecified atom stereocenters. The molecule has 0 spiro atoms. The molecule has 0 aliphatic heterocycles. The van der Waals surface area contributed by atoms with Gasteiger partial charge in [0.1, 0.15) is 44.8 Å². The third-order valence-corrected chi connectivity index (χ3v) is 17.7. The Labute approximate surface area is 470 Å². The second kappa shape index (κ2) is 18.7.